The molecule has 0 bridgehead atoms. The molecule has 1 aromatic carbocycles. The van der Waals surface area contributed by atoms with E-state index in [2.05, 4.69) is 32.2 Å². The van der Waals surface area contributed by atoms with E-state index in [1.165, 1.54) is 5.56 Å². The molecule has 100 valence electrons. The van der Waals surface area contributed by atoms with Crippen molar-refractivity contribution in [3.05, 3.63) is 29.8 Å². The standard InChI is InChI=1S/C14H21NO3/c1-14(2,3)11-5-4-6-12(9-11)18-8-7-15-13(17)10-16/h4-6,9,16H,7-8,10H2,1-3H3,(H,15,17). The fraction of sp³-hybridized carbons (Fsp3) is 0.500. The third-order valence-electron chi connectivity index (χ3n) is 2.54. The van der Waals surface area contributed by atoms with Crippen molar-refractivity contribution >= 4 is 5.91 Å². The maximum absolute atomic E-state index is 10.8. The van der Waals surface area contributed by atoms with Crippen molar-refractivity contribution in [2.24, 2.45) is 0 Å². The highest BCUT2D eigenvalue weighted by atomic mass is 16.5. The zero-order chi connectivity index (χ0) is 13.6. The summed E-state index contributed by atoms with van der Waals surface area (Å²) in [6, 6.07) is 7.93. The number of rotatable bonds is 5. The van der Waals surface area contributed by atoms with Gasteiger partial charge in [-0.1, -0.05) is 32.9 Å². The minimum Gasteiger partial charge on any atom is -0.492 e. The van der Waals surface area contributed by atoms with Gasteiger partial charge >= 0.3 is 0 Å². The number of hydrogen-bond donors (Lipinski definition) is 2. The Hall–Kier alpha value is -1.55. The van der Waals surface area contributed by atoms with Crippen molar-refractivity contribution in [3.63, 3.8) is 0 Å². The van der Waals surface area contributed by atoms with Crippen LogP contribution in [-0.2, 0) is 10.2 Å². The first kappa shape index (κ1) is 14.5. The molecule has 1 aromatic rings. The molecule has 0 saturated heterocycles. The van der Waals surface area contributed by atoms with E-state index in [1.54, 1.807) is 0 Å². The molecule has 18 heavy (non-hydrogen) atoms. The van der Waals surface area contributed by atoms with Crippen molar-refractivity contribution in [1.29, 1.82) is 0 Å². The van der Waals surface area contributed by atoms with Gasteiger partial charge in [0.25, 0.3) is 0 Å². The average Bonchev–Trinajstić information content (AvgIpc) is 2.33. The van der Waals surface area contributed by atoms with Gasteiger partial charge in [-0.3, -0.25) is 4.79 Å². The second-order valence-corrected chi connectivity index (χ2v) is 5.13. The third-order valence-corrected chi connectivity index (χ3v) is 2.54. The number of benzene rings is 1. The van der Waals surface area contributed by atoms with Gasteiger partial charge in [-0.05, 0) is 23.1 Å². The Balaban J connectivity index is 2.46. The van der Waals surface area contributed by atoms with Crippen LogP contribution >= 0.6 is 0 Å². The molecule has 0 aliphatic rings. The van der Waals surface area contributed by atoms with E-state index >= 15 is 0 Å². The number of aliphatic hydroxyl groups is 1. The molecule has 0 fully saturated rings. The van der Waals surface area contributed by atoms with Gasteiger partial charge in [-0.25, -0.2) is 0 Å². The highest BCUT2D eigenvalue weighted by molar-refractivity contribution is 5.76. The molecule has 0 aliphatic heterocycles. The minimum absolute atomic E-state index is 0.0878. The smallest absolute Gasteiger partial charge is 0.245 e. The molecule has 1 amide bonds. The summed E-state index contributed by atoms with van der Waals surface area (Å²) in [6.07, 6.45) is 0. The third kappa shape index (κ3) is 4.75. The number of hydrogen-bond acceptors (Lipinski definition) is 3. The molecule has 0 aliphatic carbocycles. The van der Waals surface area contributed by atoms with Crippen molar-refractivity contribution in [1.82, 2.24) is 5.32 Å². The summed E-state index contributed by atoms with van der Waals surface area (Å²) in [4.78, 5) is 10.8. The van der Waals surface area contributed by atoms with Gasteiger partial charge in [0.05, 0.1) is 6.54 Å². The predicted octanol–water partition coefficient (Wildman–Crippen LogP) is 1.47. The summed E-state index contributed by atoms with van der Waals surface area (Å²) in [5, 5.41) is 11.1. The van der Waals surface area contributed by atoms with Crippen molar-refractivity contribution in [3.8, 4) is 5.75 Å². The van der Waals surface area contributed by atoms with Gasteiger partial charge in [0, 0.05) is 0 Å². The summed E-state index contributed by atoms with van der Waals surface area (Å²) in [6.45, 7) is 6.73. The Bertz CT molecular complexity index is 396. The van der Waals surface area contributed by atoms with Crippen molar-refractivity contribution < 1.29 is 14.6 Å². The maximum Gasteiger partial charge on any atom is 0.245 e. The number of ether oxygens (including phenoxy) is 1. The molecule has 0 saturated carbocycles. The van der Waals surface area contributed by atoms with Crippen LogP contribution in [0.1, 0.15) is 26.3 Å². The summed E-state index contributed by atoms with van der Waals surface area (Å²) in [7, 11) is 0. The van der Waals surface area contributed by atoms with E-state index in [0.29, 0.717) is 13.2 Å². The molecule has 4 heteroatoms. The van der Waals surface area contributed by atoms with Gasteiger partial charge in [0.15, 0.2) is 0 Å². The molecule has 0 heterocycles. The molecule has 0 aromatic heterocycles. The Morgan fingerprint density at radius 2 is 2.11 bits per heavy atom. The van der Waals surface area contributed by atoms with Gasteiger partial charge in [-0.2, -0.15) is 0 Å². The quantitative estimate of drug-likeness (QED) is 0.779. The van der Waals surface area contributed by atoms with Crippen molar-refractivity contribution in [2.75, 3.05) is 19.8 Å². The lowest BCUT2D eigenvalue weighted by Crippen LogP contribution is -2.30. The van der Waals surface area contributed by atoms with Gasteiger partial charge < -0.3 is 15.2 Å². The molecular weight excluding hydrogens is 230 g/mol. The zero-order valence-corrected chi connectivity index (χ0v) is 11.2. The molecular formula is C14H21NO3. The van der Waals surface area contributed by atoms with Crippen LogP contribution in [0.5, 0.6) is 5.75 Å². The van der Waals surface area contributed by atoms with E-state index in [9.17, 15) is 4.79 Å². The predicted molar refractivity (Wildman–Crippen MR) is 70.7 cm³/mol. The van der Waals surface area contributed by atoms with Gasteiger partial charge in [0.2, 0.25) is 5.91 Å². The van der Waals surface area contributed by atoms with Crippen LogP contribution in [0.4, 0.5) is 0 Å². The summed E-state index contributed by atoms with van der Waals surface area (Å²) >= 11 is 0. The second kappa shape index (κ2) is 6.40. The Morgan fingerprint density at radius 3 is 2.72 bits per heavy atom. The molecule has 2 N–H and O–H groups in total. The molecule has 0 spiro atoms. The van der Waals surface area contributed by atoms with E-state index in [-0.39, 0.29) is 11.3 Å². The SMILES string of the molecule is CC(C)(C)c1cccc(OCCNC(=O)CO)c1. The van der Waals surface area contributed by atoms with E-state index < -0.39 is 6.61 Å². The van der Waals surface area contributed by atoms with Crippen LogP contribution in [0.25, 0.3) is 0 Å². The summed E-state index contributed by atoms with van der Waals surface area (Å²) in [5.41, 5.74) is 1.30. The largest absolute Gasteiger partial charge is 0.492 e. The number of carbonyl (C=O) groups excluding carboxylic acids is 1. The highest BCUT2D eigenvalue weighted by Crippen LogP contribution is 2.25. The first-order valence-electron chi connectivity index (χ1n) is 6.04. The minimum atomic E-state index is -0.487. The zero-order valence-electron chi connectivity index (χ0n) is 11.2. The molecule has 0 atom stereocenters. The summed E-state index contributed by atoms with van der Waals surface area (Å²) < 4.78 is 5.54. The second-order valence-electron chi connectivity index (χ2n) is 5.13. The fourth-order valence-electron chi connectivity index (χ4n) is 1.47. The molecule has 4 nitrogen and oxygen atoms in total. The lowest BCUT2D eigenvalue weighted by Gasteiger charge is -2.19. The first-order valence-corrected chi connectivity index (χ1v) is 6.04. The number of nitrogens with one attached hydrogen (secondary N) is 1. The van der Waals surface area contributed by atoms with Crippen LogP contribution < -0.4 is 10.1 Å². The number of carbonyl (C=O) groups is 1. The van der Waals surface area contributed by atoms with E-state index in [1.807, 2.05) is 18.2 Å². The molecule has 0 unspecified atom stereocenters. The lowest BCUT2D eigenvalue weighted by atomic mass is 9.87. The molecule has 0 radical (unpaired) electrons. The van der Waals surface area contributed by atoms with E-state index in [4.69, 9.17) is 9.84 Å². The summed E-state index contributed by atoms with van der Waals surface area (Å²) in [5.74, 6) is 0.405. The van der Waals surface area contributed by atoms with E-state index in [0.717, 1.165) is 5.75 Å². The van der Waals surface area contributed by atoms with Gasteiger partial charge in [0.1, 0.15) is 19.0 Å². The van der Waals surface area contributed by atoms with Crippen LogP contribution in [0.2, 0.25) is 0 Å². The number of amides is 1. The van der Waals surface area contributed by atoms with Crippen molar-refractivity contribution in [2.45, 2.75) is 26.2 Å². The van der Waals surface area contributed by atoms with Crippen LogP contribution in [-0.4, -0.2) is 30.8 Å². The van der Waals surface area contributed by atoms with Crippen LogP contribution in [0.15, 0.2) is 24.3 Å². The Labute approximate surface area is 108 Å². The molecule has 1 rings (SSSR count). The van der Waals surface area contributed by atoms with Gasteiger partial charge in [-0.15, -0.1) is 0 Å². The highest BCUT2D eigenvalue weighted by Gasteiger charge is 2.13. The number of aliphatic hydroxyl groups excluding tert-OH is 1. The Morgan fingerprint density at radius 1 is 1.39 bits per heavy atom. The monoisotopic (exact) mass is 251 g/mol. The topological polar surface area (TPSA) is 58.6 Å². The average molecular weight is 251 g/mol. The fourth-order valence-corrected chi connectivity index (χ4v) is 1.47. The van der Waals surface area contributed by atoms with Crippen LogP contribution in [0, 0.1) is 0 Å². The normalized spacial score (nSPS) is 11.1. The lowest BCUT2D eigenvalue weighted by molar-refractivity contribution is -0.123. The maximum atomic E-state index is 10.8. The first-order chi connectivity index (χ1) is 8.43. The van der Waals surface area contributed by atoms with Crippen LogP contribution in [0.3, 0.4) is 0 Å². The Kier molecular flexibility index (Phi) is 5.16.